The van der Waals surface area contributed by atoms with Crippen LogP contribution in [0.1, 0.15) is 22.4 Å². The molecule has 0 saturated carbocycles. The summed E-state index contributed by atoms with van der Waals surface area (Å²) >= 11 is 4.38. The second-order valence-electron chi connectivity index (χ2n) is 8.48. The first-order valence-electron chi connectivity index (χ1n) is 11.3. The smallest absolute Gasteiger partial charge is 0.296 e. The minimum Gasteiger partial charge on any atom is -0.303 e. The lowest BCUT2D eigenvalue weighted by Crippen LogP contribution is -2.33. The van der Waals surface area contributed by atoms with Gasteiger partial charge in [-0.15, -0.1) is 0 Å². The number of benzene rings is 3. The highest BCUT2D eigenvalue weighted by molar-refractivity contribution is 9.10. The van der Waals surface area contributed by atoms with Crippen LogP contribution in [0.2, 0.25) is 0 Å². The number of carbonyl (C=O) groups is 1. The van der Waals surface area contributed by atoms with Crippen molar-refractivity contribution in [3.05, 3.63) is 131 Å². The zero-order valence-corrected chi connectivity index (χ0v) is 21.4. The first kappa shape index (κ1) is 23.4. The van der Waals surface area contributed by atoms with Gasteiger partial charge in [0.15, 0.2) is 0 Å². The molecule has 0 saturated heterocycles. The summed E-state index contributed by atoms with van der Waals surface area (Å²) in [6.45, 7) is -0.00169. The lowest BCUT2D eigenvalue weighted by atomic mass is 10.1. The quantitative estimate of drug-likeness (QED) is 0.328. The first-order valence-corrected chi connectivity index (χ1v) is 12.9. The Bertz CT molecular complexity index is 1890. The molecule has 0 atom stereocenters. The SMILES string of the molecule is O=C1/C(=c2\sc3nc(=O)c(Cc4ccccc4)nn3c2=O)c2cc(Br)ccc2N1Cc1ccccc1F. The molecule has 0 spiro atoms. The molecule has 1 aliphatic heterocycles. The van der Waals surface area contributed by atoms with Gasteiger partial charge in [0.1, 0.15) is 16.0 Å². The molecule has 3 aromatic carbocycles. The Kier molecular flexibility index (Phi) is 5.77. The molecule has 7 nitrogen and oxygen atoms in total. The maximum absolute atomic E-state index is 14.4. The number of halogens is 2. The van der Waals surface area contributed by atoms with E-state index < -0.39 is 22.8 Å². The van der Waals surface area contributed by atoms with E-state index in [0.717, 1.165) is 21.4 Å². The zero-order valence-electron chi connectivity index (χ0n) is 19.0. The lowest BCUT2D eigenvalue weighted by molar-refractivity contribution is -0.113. The number of aromatic nitrogens is 3. The Labute approximate surface area is 221 Å². The number of thiazole rings is 1. The van der Waals surface area contributed by atoms with E-state index in [2.05, 4.69) is 26.0 Å². The molecule has 0 aliphatic carbocycles. The van der Waals surface area contributed by atoms with Crippen LogP contribution in [0.4, 0.5) is 10.1 Å². The standard InChI is InChI=1S/C27H16BrFN4O3S/c28-17-10-11-21-18(13-17)22(25(35)32(21)14-16-8-4-5-9-19(16)29)23-26(36)33-27(37-23)30-24(34)20(31-33)12-15-6-2-1-3-7-15/h1-11,13H,12,14H2/b23-22-. The largest absolute Gasteiger partial charge is 0.303 e. The van der Waals surface area contributed by atoms with E-state index in [1.165, 1.54) is 11.0 Å². The molecule has 2 aromatic heterocycles. The number of hydrogen-bond acceptors (Lipinski definition) is 6. The van der Waals surface area contributed by atoms with Gasteiger partial charge in [-0.05, 0) is 29.8 Å². The van der Waals surface area contributed by atoms with E-state index in [1.54, 1.807) is 36.4 Å². The molecule has 0 fully saturated rings. The normalized spacial score (nSPS) is 14.4. The summed E-state index contributed by atoms with van der Waals surface area (Å²) in [5, 5.41) is 4.30. The Hall–Kier alpha value is -4.02. The van der Waals surface area contributed by atoms with E-state index in [-0.39, 0.29) is 33.7 Å². The monoisotopic (exact) mass is 574 g/mol. The average Bonchev–Trinajstić information content (AvgIpc) is 3.33. The fourth-order valence-corrected chi connectivity index (χ4v) is 5.72. The third-order valence-corrected chi connectivity index (χ3v) is 7.65. The summed E-state index contributed by atoms with van der Waals surface area (Å²) in [7, 11) is 0. The number of rotatable bonds is 4. The Balaban J connectivity index is 1.53. The van der Waals surface area contributed by atoms with Crippen LogP contribution in [0.25, 0.3) is 10.5 Å². The van der Waals surface area contributed by atoms with Crippen molar-refractivity contribution in [2.75, 3.05) is 4.90 Å². The summed E-state index contributed by atoms with van der Waals surface area (Å²) in [4.78, 5) is 45.5. The van der Waals surface area contributed by atoms with Gasteiger partial charge in [0.25, 0.3) is 17.0 Å². The third-order valence-electron chi connectivity index (χ3n) is 6.13. The van der Waals surface area contributed by atoms with Crippen molar-refractivity contribution in [1.29, 1.82) is 0 Å². The van der Waals surface area contributed by atoms with Gasteiger partial charge in [-0.3, -0.25) is 14.4 Å². The predicted octanol–water partition coefficient (Wildman–Crippen LogP) is 3.47. The van der Waals surface area contributed by atoms with Crippen LogP contribution < -0.4 is 20.6 Å². The van der Waals surface area contributed by atoms with Gasteiger partial charge in [0.2, 0.25) is 4.96 Å². The number of amides is 1. The van der Waals surface area contributed by atoms with Crippen molar-refractivity contribution in [3.63, 3.8) is 0 Å². The minimum absolute atomic E-state index is 0.00169. The van der Waals surface area contributed by atoms with Crippen LogP contribution in [-0.2, 0) is 17.8 Å². The van der Waals surface area contributed by atoms with Crippen LogP contribution in [0.3, 0.4) is 0 Å². The molecular weight excluding hydrogens is 559 g/mol. The molecule has 0 bridgehead atoms. The fourth-order valence-electron chi connectivity index (χ4n) is 4.37. The molecule has 1 aliphatic rings. The zero-order chi connectivity index (χ0) is 25.7. The van der Waals surface area contributed by atoms with Gasteiger partial charge >= 0.3 is 0 Å². The fraction of sp³-hybridized carbons (Fsp3) is 0.0741. The van der Waals surface area contributed by atoms with Gasteiger partial charge in [-0.1, -0.05) is 75.8 Å². The van der Waals surface area contributed by atoms with E-state index in [9.17, 15) is 18.8 Å². The van der Waals surface area contributed by atoms with Gasteiger partial charge in [-0.25, -0.2) is 4.39 Å². The van der Waals surface area contributed by atoms with Crippen molar-refractivity contribution in [2.45, 2.75) is 13.0 Å². The Morgan fingerprint density at radius 1 is 0.946 bits per heavy atom. The van der Waals surface area contributed by atoms with Crippen molar-refractivity contribution in [2.24, 2.45) is 0 Å². The first-order chi connectivity index (χ1) is 17.9. The number of hydrogen-bond donors (Lipinski definition) is 0. The van der Waals surface area contributed by atoms with Crippen molar-refractivity contribution < 1.29 is 9.18 Å². The highest BCUT2D eigenvalue weighted by atomic mass is 79.9. The molecule has 1 amide bonds. The van der Waals surface area contributed by atoms with Crippen LogP contribution in [-0.4, -0.2) is 20.5 Å². The Morgan fingerprint density at radius 3 is 2.49 bits per heavy atom. The molecular formula is C27H16BrFN4O3S. The van der Waals surface area contributed by atoms with Crippen LogP contribution >= 0.6 is 27.3 Å². The molecule has 10 heteroatoms. The average molecular weight is 575 g/mol. The highest BCUT2D eigenvalue weighted by Gasteiger charge is 2.35. The molecule has 5 aromatic rings. The maximum Gasteiger partial charge on any atom is 0.296 e. The van der Waals surface area contributed by atoms with Gasteiger partial charge in [-0.2, -0.15) is 14.6 Å². The van der Waals surface area contributed by atoms with Crippen molar-refractivity contribution in [3.8, 4) is 0 Å². The molecule has 6 rings (SSSR count). The lowest BCUT2D eigenvalue weighted by Gasteiger charge is -2.17. The van der Waals surface area contributed by atoms with Gasteiger partial charge in [0, 0.05) is 22.0 Å². The van der Waals surface area contributed by atoms with Crippen LogP contribution in [0, 0.1) is 5.82 Å². The second-order valence-corrected chi connectivity index (χ2v) is 10.4. The highest BCUT2D eigenvalue weighted by Crippen LogP contribution is 2.38. The van der Waals surface area contributed by atoms with E-state index in [1.807, 2.05) is 30.3 Å². The summed E-state index contributed by atoms with van der Waals surface area (Å²) in [6.07, 6.45) is 0.224. The summed E-state index contributed by atoms with van der Waals surface area (Å²) in [5.74, 6) is -0.862. The topological polar surface area (TPSA) is 84.6 Å². The molecule has 0 unspecified atom stereocenters. The molecule has 0 radical (unpaired) electrons. The third kappa shape index (κ3) is 4.08. The number of anilines is 1. The Morgan fingerprint density at radius 2 is 1.70 bits per heavy atom. The molecule has 182 valence electrons. The number of nitrogens with zero attached hydrogens (tertiary/aromatic N) is 4. The minimum atomic E-state index is -0.538. The van der Waals surface area contributed by atoms with Crippen LogP contribution in [0.15, 0.2) is 86.9 Å². The van der Waals surface area contributed by atoms with E-state index >= 15 is 0 Å². The van der Waals surface area contributed by atoms with Crippen LogP contribution in [0.5, 0.6) is 0 Å². The summed E-state index contributed by atoms with van der Waals surface area (Å²) in [6, 6.07) is 20.8. The van der Waals surface area contributed by atoms with E-state index in [4.69, 9.17) is 0 Å². The van der Waals surface area contributed by atoms with Gasteiger partial charge in [0.05, 0.1) is 17.8 Å². The number of carbonyl (C=O) groups excluding carboxylic acids is 1. The van der Waals surface area contributed by atoms with Gasteiger partial charge < -0.3 is 4.90 Å². The van der Waals surface area contributed by atoms with Crippen molar-refractivity contribution in [1.82, 2.24) is 14.6 Å². The molecule has 3 heterocycles. The van der Waals surface area contributed by atoms with E-state index in [0.29, 0.717) is 21.3 Å². The van der Waals surface area contributed by atoms with Crippen molar-refractivity contribution >= 4 is 49.4 Å². The predicted molar refractivity (Wildman–Crippen MR) is 142 cm³/mol. The second kappa shape index (κ2) is 9.13. The maximum atomic E-state index is 14.4. The summed E-state index contributed by atoms with van der Waals surface area (Å²) < 4.78 is 16.3. The molecule has 37 heavy (non-hydrogen) atoms. The molecule has 0 N–H and O–H groups in total. The summed E-state index contributed by atoms with van der Waals surface area (Å²) in [5.41, 5.74) is 1.55. The number of fused-ring (bicyclic) bond motifs is 2.